The number of carboxylic acid groups (broad SMARTS) is 1. The maximum absolute atomic E-state index is 13.1. The number of thiazole rings is 1. The fourth-order valence-electron chi connectivity index (χ4n) is 1.50. The van der Waals surface area contributed by atoms with E-state index < -0.39 is 34.6 Å². The molecule has 0 bridgehead atoms. The summed E-state index contributed by atoms with van der Waals surface area (Å²) < 4.78 is 26.2. The summed E-state index contributed by atoms with van der Waals surface area (Å²) in [5, 5.41) is 13.0. The summed E-state index contributed by atoms with van der Waals surface area (Å²) in [4.78, 5) is 26.7. The van der Waals surface area contributed by atoms with Crippen molar-refractivity contribution in [2.45, 2.75) is 6.54 Å². The molecule has 20 heavy (non-hydrogen) atoms. The molecule has 0 aliphatic heterocycles. The molecule has 0 fully saturated rings. The number of nitrogens with zero attached hydrogens (tertiary/aromatic N) is 1. The highest BCUT2D eigenvalue weighted by Crippen LogP contribution is 2.15. The lowest BCUT2D eigenvalue weighted by Gasteiger charge is -2.07. The fraction of sp³-hybridized carbons (Fsp3) is 0.0833. The molecule has 1 aromatic carbocycles. The van der Waals surface area contributed by atoms with Gasteiger partial charge in [0, 0.05) is 5.38 Å². The minimum absolute atomic E-state index is 0.0698. The Morgan fingerprint density at radius 2 is 1.90 bits per heavy atom. The van der Waals surface area contributed by atoms with Crippen molar-refractivity contribution in [3.05, 3.63) is 51.5 Å². The number of halogens is 2. The summed E-state index contributed by atoms with van der Waals surface area (Å²) in [5.74, 6) is -4.93. The van der Waals surface area contributed by atoms with Crippen LogP contribution in [0.5, 0.6) is 0 Å². The van der Waals surface area contributed by atoms with Crippen LogP contribution in [0, 0.1) is 11.6 Å². The van der Waals surface area contributed by atoms with Gasteiger partial charge in [-0.2, -0.15) is 0 Å². The van der Waals surface area contributed by atoms with E-state index >= 15 is 0 Å². The van der Waals surface area contributed by atoms with Crippen LogP contribution in [0.15, 0.2) is 23.0 Å². The summed E-state index contributed by atoms with van der Waals surface area (Å²) >= 11 is 1.33. The third-order valence-electron chi connectivity index (χ3n) is 2.45. The van der Waals surface area contributed by atoms with Crippen LogP contribution < -0.4 is 5.32 Å². The fourth-order valence-corrected chi connectivity index (χ4v) is 2.06. The smallest absolute Gasteiger partial charge is 0.336 e. The van der Waals surface area contributed by atoms with Gasteiger partial charge in [-0.1, -0.05) is 0 Å². The first kappa shape index (κ1) is 14.1. The molecule has 0 saturated heterocycles. The molecule has 0 atom stereocenters. The maximum atomic E-state index is 13.1. The Labute approximate surface area is 115 Å². The molecule has 1 heterocycles. The molecule has 1 aromatic heterocycles. The first-order chi connectivity index (χ1) is 9.49. The molecule has 104 valence electrons. The molecule has 0 unspecified atom stereocenters. The van der Waals surface area contributed by atoms with Gasteiger partial charge in [-0.05, 0) is 12.1 Å². The van der Waals surface area contributed by atoms with Crippen molar-refractivity contribution < 1.29 is 23.5 Å². The van der Waals surface area contributed by atoms with Crippen LogP contribution in [0.3, 0.4) is 0 Å². The number of carbonyl (C=O) groups excluding carboxylic acids is 1. The number of carboxylic acids is 1. The second-order valence-electron chi connectivity index (χ2n) is 3.78. The normalized spacial score (nSPS) is 10.3. The lowest BCUT2D eigenvalue weighted by atomic mass is 10.1. The van der Waals surface area contributed by atoms with Gasteiger partial charge in [0.1, 0.15) is 0 Å². The van der Waals surface area contributed by atoms with Crippen LogP contribution in [0.1, 0.15) is 26.4 Å². The number of hydrogen-bond acceptors (Lipinski definition) is 4. The zero-order valence-corrected chi connectivity index (χ0v) is 10.7. The Hall–Kier alpha value is -2.35. The van der Waals surface area contributed by atoms with Crippen LogP contribution in [0.4, 0.5) is 8.78 Å². The molecule has 0 saturated carbocycles. The van der Waals surface area contributed by atoms with Crippen LogP contribution in [-0.4, -0.2) is 22.0 Å². The molecule has 0 aliphatic carbocycles. The van der Waals surface area contributed by atoms with Gasteiger partial charge in [0.2, 0.25) is 0 Å². The van der Waals surface area contributed by atoms with Crippen LogP contribution in [0.2, 0.25) is 0 Å². The quantitative estimate of drug-likeness (QED) is 0.905. The standard InChI is InChI=1S/C12H8F2N2O3S/c13-9-1-7(8(12(18)19)2-10(9)14)11(17)15-3-6-4-20-5-16-6/h1-2,4-5H,3H2,(H,15,17)(H,18,19). The molecule has 8 heteroatoms. The van der Waals surface area contributed by atoms with Gasteiger partial charge < -0.3 is 10.4 Å². The van der Waals surface area contributed by atoms with E-state index in [-0.39, 0.29) is 6.54 Å². The van der Waals surface area contributed by atoms with Crippen LogP contribution in [-0.2, 0) is 6.54 Å². The number of aromatic nitrogens is 1. The van der Waals surface area contributed by atoms with Gasteiger partial charge in [-0.15, -0.1) is 11.3 Å². The highest BCUT2D eigenvalue weighted by atomic mass is 32.1. The molecule has 2 N–H and O–H groups in total. The second-order valence-corrected chi connectivity index (χ2v) is 4.50. The van der Waals surface area contributed by atoms with Crippen LogP contribution in [0.25, 0.3) is 0 Å². The third kappa shape index (κ3) is 2.97. The summed E-state index contributed by atoms with van der Waals surface area (Å²) in [6.07, 6.45) is 0. The summed E-state index contributed by atoms with van der Waals surface area (Å²) in [6, 6.07) is 1.05. The molecule has 0 radical (unpaired) electrons. The number of rotatable bonds is 4. The monoisotopic (exact) mass is 298 g/mol. The van der Waals surface area contributed by atoms with Crippen molar-refractivity contribution in [2.75, 3.05) is 0 Å². The molecule has 2 rings (SSSR count). The van der Waals surface area contributed by atoms with Crippen LogP contribution >= 0.6 is 11.3 Å². The third-order valence-corrected chi connectivity index (χ3v) is 3.08. The highest BCUT2D eigenvalue weighted by molar-refractivity contribution is 7.07. The first-order valence-electron chi connectivity index (χ1n) is 5.36. The van der Waals surface area contributed by atoms with Gasteiger partial charge in [-0.3, -0.25) is 4.79 Å². The molecule has 0 spiro atoms. The van der Waals surface area contributed by atoms with E-state index in [1.807, 2.05) is 0 Å². The van der Waals surface area contributed by atoms with E-state index in [9.17, 15) is 18.4 Å². The van der Waals surface area contributed by atoms with Crippen molar-refractivity contribution in [1.29, 1.82) is 0 Å². The van der Waals surface area contributed by atoms with E-state index in [0.717, 1.165) is 0 Å². The summed E-state index contributed by atoms with van der Waals surface area (Å²) in [5.41, 5.74) is 1.12. The van der Waals surface area contributed by atoms with E-state index in [4.69, 9.17) is 5.11 Å². The lowest BCUT2D eigenvalue weighted by molar-refractivity contribution is 0.0690. The van der Waals surface area contributed by atoms with Gasteiger partial charge >= 0.3 is 5.97 Å². The topological polar surface area (TPSA) is 79.3 Å². The molecule has 5 nitrogen and oxygen atoms in total. The Balaban J connectivity index is 2.24. The highest BCUT2D eigenvalue weighted by Gasteiger charge is 2.20. The average molecular weight is 298 g/mol. The van der Waals surface area contributed by atoms with Gasteiger partial charge in [0.15, 0.2) is 11.6 Å². The van der Waals surface area contributed by atoms with Crippen molar-refractivity contribution in [3.8, 4) is 0 Å². The van der Waals surface area contributed by atoms with E-state index in [1.165, 1.54) is 11.3 Å². The Morgan fingerprint density at radius 3 is 2.45 bits per heavy atom. The minimum Gasteiger partial charge on any atom is -0.478 e. The van der Waals surface area contributed by atoms with E-state index in [2.05, 4.69) is 10.3 Å². The Kier molecular flexibility index (Phi) is 4.04. The number of hydrogen-bond donors (Lipinski definition) is 2. The summed E-state index contributed by atoms with van der Waals surface area (Å²) in [7, 11) is 0. The average Bonchev–Trinajstić information content (AvgIpc) is 2.91. The zero-order chi connectivity index (χ0) is 14.7. The Bertz CT molecular complexity index is 659. The van der Waals surface area contributed by atoms with Crippen molar-refractivity contribution in [3.63, 3.8) is 0 Å². The van der Waals surface area contributed by atoms with Gasteiger partial charge in [-0.25, -0.2) is 18.6 Å². The van der Waals surface area contributed by atoms with Crippen molar-refractivity contribution >= 4 is 23.2 Å². The maximum Gasteiger partial charge on any atom is 0.336 e. The second kappa shape index (κ2) is 5.74. The zero-order valence-electron chi connectivity index (χ0n) is 9.89. The van der Waals surface area contributed by atoms with E-state index in [0.29, 0.717) is 17.8 Å². The van der Waals surface area contributed by atoms with Crippen molar-refractivity contribution in [2.24, 2.45) is 0 Å². The number of nitrogens with one attached hydrogen (secondary N) is 1. The number of benzene rings is 1. The largest absolute Gasteiger partial charge is 0.478 e. The van der Waals surface area contributed by atoms with Gasteiger partial charge in [0.25, 0.3) is 5.91 Å². The number of amides is 1. The first-order valence-corrected chi connectivity index (χ1v) is 6.31. The molecule has 1 amide bonds. The lowest BCUT2D eigenvalue weighted by Crippen LogP contribution is -2.25. The minimum atomic E-state index is -1.51. The van der Waals surface area contributed by atoms with Crippen molar-refractivity contribution in [1.82, 2.24) is 10.3 Å². The SMILES string of the molecule is O=C(O)c1cc(F)c(F)cc1C(=O)NCc1cscn1. The number of carbonyl (C=O) groups is 2. The molecule has 2 aromatic rings. The summed E-state index contributed by atoms with van der Waals surface area (Å²) in [6.45, 7) is 0.0698. The van der Waals surface area contributed by atoms with Gasteiger partial charge in [0.05, 0.1) is 28.9 Å². The molecule has 0 aliphatic rings. The number of aromatic carboxylic acids is 1. The molecular formula is C12H8F2N2O3S. The predicted molar refractivity (Wildman–Crippen MR) is 66.6 cm³/mol. The Morgan fingerprint density at radius 1 is 1.25 bits per heavy atom. The molecular weight excluding hydrogens is 290 g/mol. The predicted octanol–water partition coefficient (Wildman–Crippen LogP) is 2.05. The van der Waals surface area contributed by atoms with E-state index in [1.54, 1.807) is 10.9 Å².